The van der Waals surface area contributed by atoms with Gasteiger partial charge in [0, 0.05) is 14.2 Å². The Balaban J connectivity index is 3.00. The zero-order valence-corrected chi connectivity index (χ0v) is 17.1. The van der Waals surface area contributed by atoms with Gasteiger partial charge >= 0.3 is 15.2 Å². The molecule has 0 bridgehead atoms. The van der Waals surface area contributed by atoms with Crippen LogP contribution in [0.1, 0.15) is 32.3 Å². The molecule has 0 radical (unpaired) electrons. The number of allylic oxidation sites excluding steroid dienone is 1. The first-order chi connectivity index (χ1) is 12.0. The van der Waals surface area contributed by atoms with Crippen molar-refractivity contribution < 1.29 is 27.2 Å². The van der Waals surface area contributed by atoms with Crippen LogP contribution in [0.3, 0.4) is 0 Å². The largest absolute Gasteiger partial charge is 0.369 e. The summed E-state index contributed by atoms with van der Waals surface area (Å²) in [5.74, 6) is 0. The van der Waals surface area contributed by atoms with Gasteiger partial charge in [0.05, 0.1) is 13.2 Å². The molecule has 1 aromatic rings. The molecule has 0 saturated carbocycles. The van der Waals surface area contributed by atoms with Crippen LogP contribution < -0.4 is 0 Å². The molecule has 0 heterocycles. The lowest BCUT2D eigenvalue weighted by molar-refractivity contribution is 0.224. The first kappa shape index (κ1) is 22.3. The minimum absolute atomic E-state index is 0.0261. The van der Waals surface area contributed by atoms with Gasteiger partial charge in [-0.1, -0.05) is 36.4 Å². The highest BCUT2D eigenvalue weighted by Crippen LogP contribution is 2.73. The lowest BCUT2D eigenvalue weighted by atomic mass is 10.1. The monoisotopic (exact) mass is 390 g/mol. The van der Waals surface area contributed by atoms with Crippen LogP contribution in [0.5, 0.6) is 0 Å². The minimum Gasteiger partial charge on any atom is -0.308 e. The molecular weight excluding hydrogens is 362 g/mol. The zero-order valence-electron chi connectivity index (χ0n) is 15.3. The second-order valence-electron chi connectivity index (χ2n) is 5.14. The molecule has 0 N–H and O–H groups in total. The fourth-order valence-corrected chi connectivity index (χ4v) is 6.61. The van der Waals surface area contributed by atoms with E-state index in [1.54, 1.807) is 19.9 Å². The molecular formula is C17H28O6P2. The Kier molecular flexibility index (Phi) is 9.88. The summed E-state index contributed by atoms with van der Waals surface area (Å²) < 4.78 is 46.7. The third-order valence-electron chi connectivity index (χ3n) is 3.48. The number of unbranched alkanes of at least 4 members (excludes halogenated alkanes) is 1. The van der Waals surface area contributed by atoms with Crippen LogP contribution in [-0.4, -0.2) is 27.4 Å². The van der Waals surface area contributed by atoms with E-state index in [4.69, 9.17) is 18.1 Å². The van der Waals surface area contributed by atoms with Crippen LogP contribution in [0.15, 0.2) is 41.5 Å². The van der Waals surface area contributed by atoms with Gasteiger partial charge in [0.1, 0.15) is 5.06 Å². The molecule has 25 heavy (non-hydrogen) atoms. The highest BCUT2D eigenvalue weighted by Gasteiger charge is 2.43. The molecule has 0 unspecified atom stereocenters. The van der Waals surface area contributed by atoms with Crippen molar-refractivity contribution in [1.82, 2.24) is 0 Å². The van der Waals surface area contributed by atoms with Crippen LogP contribution >= 0.6 is 15.2 Å². The van der Waals surface area contributed by atoms with Gasteiger partial charge in [0.2, 0.25) is 0 Å². The minimum atomic E-state index is -3.75. The summed E-state index contributed by atoms with van der Waals surface area (Å²) in [6.45, 7) is 3.71. The molecule has 0 amide bonds. The van der Waals surface area contributed by atoms with E-state index in [1.165, 1.54) is 19.8 Å². The Hall–Kier alpha value is -0.740. The molecule has 0 aliphatic rings. The summed E-state index contributed by atoms with van der Waals surface area (Å²) >= 11 is 0. The van der Waals surface area contributed by atoms with Gasteiger partial charge < -0.3 is 18.1 Å². The smallest absolute Gasteiger partial charge is 0.308 e. The van der Waals surface area contributed by atoms with Crippen molar-refractivity contribution in [2.75, 3.05) is 27.4 Å². The molecule has 0 saturated heterocycles. The SMILES string of the molecule is CCOP(=O)(OCC)C(=CCCCc1ccccc1)P(=O)(OC)OC. The zero-order chi connectivity index (χ0) is 18.8. The molecule has 0 spiro atoms. The van der Waals surface area contributed by atoms with Gasteiger partial charge in [-0.25, -0.2) is 0 Å². The molecule has 0 aliphatic carbocycles. The Morgan fingerprint density at radius 2 is 1.52 bits per heavy atom. The average Bonchev–Trinajstić information content (AvgIpc) is 2.62. The van der Waals surface area contributed by atoms with E-state index in [2.05, 4.69) is 0 Å². The van der Waals surface area contributed by atoms with E-state index in [0.717, 1.165) is 12.8 Å². The highest BCUT2D eigenvalue weighted by molar-refractivity contribution is 7.78. The number of aryl methyl sites for hydroxylation is 1. The summed E-state index contributed by atoms with van der Waals surface area (Å²) in [5.41, 5.74) is 1.21. The van der Waals surface area contributed by atoms with Crippen LogP contribution in [0, 0.1) is 0 Å². The summed E-state index contributed by atoms with van der Waals surface area (Å²) in [4.78, 5) is 0. The van der Waals surface area contributed by atoms with Crippen LogP contribution in [0.4, 0.5) is 0 Å². The molecule has 1 rings (SSSR count). The van der Waals surface area contributed by atoms with Crippen molar-refractivity contribution >= 4 is 15.2 Å². The highest BCUT2D eigenvalue weighted by atomic mass is 31.2. The summed E-state index contributed by atoms with van der Waals surface area (Å²) in [6, 6.07) is 10.0. The van der Waals surface area contributed by atoms with Crippen LogP contribution in [-0.2, 0) is 33.6 Å². The molecule has 0 fully saturated rings. The van der Waals surface area contributed by atoms with Crippen molar-refractivity contribution in [1.29, 1.82) is 0 Å². The predicted octanol–water partition coefficient (Wildman–Crippen LogP) is 5.60. The third-order valence-corrected chi connectivity index (χ3v) is 8.59. The van der Waals surface area contributed by atoms with E-state index in [9.17, 15) is 9.13 Å². The fraction of sp³-hybridized carbons (Fsp3) is 0.529. The molecule has 0 atom stereocenters. The van der Waals surface area contributed by atoms with Crippen LogP contribution in [0.2, 0.25) is 0 Å². The van der Waals surface area contributed by atoms with E-state index >= 15 is 0 Å². The Labute approximate surface area is 150 Å². The maximum absolute atomic E-state index is 13.1. The molecule has 6 nitrogen and oxygen atoms in total. The van der Waals surface area contributed by atoms with Crippen molar-refractivity contribution in [2.24, 2.45) is 0 Å². The molecule has 8 heteroatoms. The van der Waals surface area contributed by atoms with Crippen molar-refractivity contribution in [3.8, 4) is 0 Å². The number of hydrogen-bond acceptors (Lipinski definition) is 6. The lowest BCUT2D eigenvalue weighted by Crippen LogP contribution is -2.02. The third kappa shape index (κ3) is 6.49. The van der Waals surface area contributed by atoms with Gasteiger partial charge in [-0.05, 0) is 38.7 Å². The first-order valence-electron chi connectivity index (χ1n) is 8.31. The second kappa shape index (κ2) is 11.1. The van der Waals surface area contributed by atoms with Gasteiger partial charge in [0.25, 0.3) is 0 Å². The molecule has 1 aromatic carbocycles. The maximum atomic E-state index is 13.1. The maximum Gasteiger partial charge on any atom is 0.369 e. The normalized spacial score (nSPS) is 13.2. The van der Waals surface area contributed by atoms with Crippen LogP contribution in [0.25, 0.3) is 0 Å². The fourth-order valence-electron chi connectivity index (χ4n) is 2.33. The number of rotatable bonds is 12. The number of benzene rings is 1. The van der Waals surface area contributed by atoms with Gasteiger partial charge in [0.15, 0.2) is 0 Å². The second-order valence-corrected chi connectivity index (χ2v) is 9.69. The summed E-state index contributed by atoms with van der Waals surface area (Å²) in [5, 5.41) is -0.0261. The molecule has 0 aliphatic heterocycles. The quantitative estimate of drug-likeness (QED) is 0.342. The topological polar surface area (TPSA) is 71.1 Å². The lowest BCUT2D eigenvalue weighted by Gasteiger charge is -2.24. The van der Waals surface area contributed by atoms with E-state index in [0.29, 0.717) is 6.42 Å². The summed E-state index contributed by atoms with van der Waals surface area (Å²) in [7, 11) is -4.98. The Morgan fingerprint density at radius 1 is 0.960 bits per heavy atom. The standard InChI is InChI=1S/C17H28O6P2/c1-5-22-25(19,23-6-2)17(24(18,20-3)21-4)15-11-10-14-16-12-8-7-9-13-16/h7-9,12-13,15H,5-6,10-11,14H2,1-4H3. The van der Waals surface area contributed by atoms with Gasteiger partial charge in [-0.2, -0.15) is 0 Å². The summed E-state index contributed by atoms with van der Waals surface area (Å²) in [6.07, 6.45) is 3.80. The van der Waals surface area contributed by atoms with Gasteiger partial charge in [-0.3, -0.25) is 9.13 Å². The van der Waals surface area contributed by atoms with Crippen molar-refractivity contribution in [3.05, 3.63) is 47.0 Å². The molecule has 142 valence electrons. The van der Waals surface area contributed by atoms with E-state index in [1.807, 2.05) is 30.3 Å². The predicted molar refractivity (Wildman–Crippen MR) is 99.9 cm³/mol. The van der Waals surface area contributed by atoms with Crippen molar-refractivity contribution in [3.63, 3.8) is 0 Å². The van der Waals surface area contributed by atoms with Crippen molar-refractivity contribution in [2.45, 2.75) is 33.1 Å². The number of hydrogen-bond donors (Lipinski definition) is 0. The van der Waals surface area contributed by atoms with Gasteiger partial charge in [-0.15, -0.1) is 0 Å². The Morgan fingerprint density at radius 3 is 2.00 bits per heavy atom. The van der Waals surface area contributed by atoms with E-state index < -0.39 is 15.2 Å². The molecule has 0 aromatic heterocycles. The average molecular weight is 390 g/mol. The Bertz CT molecular complexity index is 611. The first-order valence-corrected chi connectivity index (χ1v) is 11.4. The van der Waals surface area contributed by atoms with E-state index in [-0.39, 0.29) is 18.3 Å².